The molecule has 0 fully saturated rings. The second-order valence-corrected chi connectivity index (χ2v) is 4.63. The minimum Gasteiger partial charge on any atom is -0.456 e. The van der Waals surface area contributed by atoms with Gasteiger partial charge in [0.05, 0.1) is 16.0 Å². The lowest BCUT2D eigenvalue weighted by Crippen LogP contribution is -1.91. The monoisotopic (exact) mass is 323 g/mol. The van der Waals surface area contributed by atoms with Crippen molar-refractivity contribution < 1.29 is 14.8 Å². The molecule has 0 aliphatic heterocycles. The molecule has 0 aromatic heterocycles. The molecule has 2 rings (SSSR count). The van der Waals surface area contributed by atoms with Crippen LogP contribution in [0.25, 0.3) is 0 Å². The van der Waals surface area contributed by atoms with Crippen molar-refractivity contribution in [1.82, 2.24) is 0 Å². The van der Waals surface area contributed by atoms with Crippen LogP contribution >= 0.6 is 15.9 Å². The summed E-state index contributed by atoms with van der Waals surface area (Å²) in [6.45, 7) is -0.0708. The lowest BCUT2D eigenvalue weighted by molar-refractivity contribution is -0.384. The van der Waals surface area contributed by atoms with Crippen molar-refractivity contribution in [3.8, 4) is 11.5 Å². The second kappa shape index (κ2) is 5.81. The van der Waals surface area contributed by atoms with Crippen LogP contribution in [-0.2, 0) is 6.61 Å². The highest BCUT2D eigenvalue weighted by atomic mass is 79.9. The molecule has 5 nitrogen and oxygen atoms in total. The molecule has 2 aromatic carbocycles. The molecule has 0 atom stereocenters. The Labute approximate surface area is 117 Å². The van der Waals surface area contributed by atoms with E-state index >= 15 is 0 Å². The maximum Gasteiger partial charge on any atom is 0.270 e. The van der Waals surface area contributed by atoms with Crippen molar-refractivity contribution in [2.75, 3.05) is 0 Å². The number of aliphatic hydroxyl groups excluding tert-OH is 1. The number of nitrogens with zero attached hydrogens (tertiary/aromatic N) is 1. The van der Waals surface area contributed by atoms with E-state index in [2.05, 4.69) is 15.9 Å². The molecule has 0 amide bonds. The normalized spacial score (nSPS) is 10.2. The number of rotatable bonds is 4. The van der Waals surface area contributed by atoms with E-state index in [1.165, 1.54) is 18.2 Å². The zero-order valence-corrected chi connectivity index (χ0v) is 11.3. The number of ether oxygens (including phenoxy) is 1. The van der Waals surface area contributed by atoms with Crippen molar-refractivity contribution in [1.29, 1.82) is 0 Å². The van der Waals surface area contributed by atoms with Crippen molar-refractivity contribution in [2.24, 2.45) is 0 Å². The number of hydrogen-bond acceptors (Lipinski definition) is 4. The van der Waals surface area contributed by atoms with Crippen molar-refractivity contribution >= 4 is 21.6 Å². The predicted octanol–water partition coefficient (Wildman–Crippen LogP) is 3.64. The Morgan fingerprint density at radius 3 is 2.68 bits per heavy atom. The maximum absolute atomic E-state index is 10.6. The fourth-order valence-corrected chi connectivity index (χ4v) is 1.97. The van der Waals surface area contributed by atoms with Crippen molar-refractivity contribution in [3.63, 3.8) is 0 Å². The third-order valence-corrected chi connectivity index (χ3v) is 3.05. The van der Waals surface area contributed by atoms with Gasteiger partial charge in [-0.2, -0.15) is 0 Å². The van der Waals surface area contributed by atoms with E-state index in [-0.39, 0.29) is 12.3 Å². The van der Waals surface area contributed by atoms with Gasteiger partial charge in [0, 0.05) is 12.1 Å². The molecule has 0 saturated heterocycles. The third kappa shape index (κ3) is 3.30. The Bertz CT molecular complexity index is 615. The summed E-state index contributed by atoms with van der Waals surface area (Å²) < 4.78 is 6.10. The fourth-order valence-electron chi connectivity index (χ4n) is 1.52. The van der Waals surface area contributed by atoms with Crippen LogP contribution in [0.15, 0.2) is 46.9 Å². The Morgan fingerprint density at radius 1 is 1.26 bits per heavy atom. The summed E-state index contributed by atoms with van der Waals surface area (Å²) in [6.07, 6.45) is 0. The molecule has 0 saturated carbocycles. The molecule has 0 unspecified atom stereocenters. The largest absolute Gasteiger partial charge is 0.456 e. The standard InChI is InChI=1S/C13H10BrNO4/c14-12-7-10(15(17)18)4-5-13(12)19-11-3-1-2-9(6-11)8-16/h1-7,16H,8H2. The zero-order chi connectivity index (χ0) is 13.8. The molecule has 0 aliphatic carbocycles. The second-order valence-electron chi connectivity index (χ2n) is 3.78. The molecule has 1 N–H and O–H groups in total. The minimum atomic E-state index is -0.471. The summed E-state index contributed by atoms with van der Waals surface area (Å²) in [7, 11) is 0. The van der Waals surface area contributed by atoms with Crippen molar-refractivity contribution in [3.05, 3.63) is 62.6 Å². The number of hydrogen-bond donors (Lipinski definition) is 1. The molecular weight excluding hydrogens is 314 g/mol. The van der Waals surface area contributed by atoms with Gasteiger partial charge >= 0.3 is 0 Å². The summed E-state index contributed by atoms with van der Waals surface area (Å²) in [5, 5.41) is 19.7. The van der Waals surface area contributed by atoms with Crippen LogP contribution in [0.5, 0.6) is 11.5 Å². The van der Waals surface area contributed by atoms with Crippen LogP contribution in [0.3, 0.4) is 0 Å². The molecule has 0 bridgehead atoms. The van der Waals surface area contributed by atoms with Gasteiger partial charge in [0.2, 0.25) is 0 Å². The Kier molecular flexibility index (Phi) is 4.13. The summed E-state index contributed by atoms with van der Waals surface area (Å²) in [6, 6.07) is 11.3. The van der Waals surface area contributed by atoms with Gasteiger partial charge in [-0.25, -0.2) is 0 Å². The van der Waals surface area contributed by atoms with Gasteiger partial charge in [-0.05, 0) is 39.7 Å². The van der Waals surface area contributed by atoms with Gasteiger partial charge in [0.1, 0.15) is 11.5 Å². The number of non-ortho nitro benzene ring substituents is 1. The summed E-state index contributed by atoms with van der Waals surface area (Å²) in [4.78, 5) is 10.2. The molecule has 2 aromatic rings. The van der Waals surface area contributed by atoms with Crippen LogP contribution in [0.4, 0.5) is 5.69 Å². The van der Waals surface area contributed by atoms with E-state index in [1.54, 1.807) is 24.3 Å². The maximum atomic E-state index is 10.6. The quantitative estimate of drug-likeness (QED) is 0.688. The highest BCUT2D eigenvalue weighted by Gasteiger charge is 2.10. The number of nitro groups is 1. The van der Waals surface area contributed by atoms with Gasteiger partial charge < -0.3 is 9.84 Å². The number of nitro benzene ring substituents is 1. The predicted molar refractivity (Wildman–Crippen MR) is 73.2 cm³/mol. The molecule has 98 valence electrons. The van der Waals surface area contributed by atoms with Crippen LogP contribution in [0.1, 0.15) is 5.56 Å². The molecule has 0 spiro atoms. The third-order valence-electron chi connectivity index (χ3n) is 2.44. The van der Waals surface area contributed by atoms with Gasteiger partial charge in [-0.3, -0.25) is 10.1 Å². The Morgan fingerprint density at radius 2 is 2.05 bits per heavy atom. The smallest absolute Gasteiger partial charge is 0.270 e. The fraction of sp³-hybridized carbons (Fsp3) is 0.0769. The van der Waals surface area contributed by atoms with E-state index in [1.807, 2.05) is 0 Å². The molecule has 0 heterocycles. The summed E-state index contributed by atoms with van der Waals surface area (Å²) >= 11 is 3.23. The van der Waals surface area contributed by atoms with E-state index < -0.39 is 4.92 Å². The molecule has 6 heteroatoms. The van der Waals surface area contributed by atoms with E-state index in [0.29, 0.717) is 16.0 Å². The van der Waals surface area contributed by atoms with Crippen molar-refractivity contribution in [2.45, 2.75) is 6.61 Å². The Hall–Kier alpha value is -1.92. The lowest BCUT2D eigenvalue weighted by atomic mass is 10.2. The number of benzene rings is 2. The molecule has 0 aliphatic rings. The van der Waals surface area contributed by atoms with E-state index in [9.17, 15) is 10.1 Å². The molecule has 0 radical (unpaired) electrons. The first-order valence-electron chi connectivity index (χ1n) is 5.42. The van der Waals surface area contributed by atoms with Gasteiger partial charge in [0.25, 0.3) is 5.69 Å². The first-order chi connectivity index (χ1) is 9.10. The van der Waals surface area contributed by atoms with Crippen LogP contribution in [0, 0.1) is 10.1 Å². The highest BCUT2D eigenvalue weighted by Crippen LogP contribution is 2.32. The van der Waals surface area contributed by atoms with Gasteiger partial charge in [-0.15, -0.1) is 0 Å². The summed E-state index contributed by atoms with van der Waals surface area (Å²) in [5.74, 6) is 1.03. The minimum absolute atomic E-state index is 0.0108. The van der Waals surface area contributed by atoms with E-state index in [4.69, 9.17) is 9.84 Å². The SMILES string of the molecule is O=[N+]([O-])c1ccc(Oc2cccc(CO)c2)c(Br)c1. The highest BCUT2D eigenvalue weighted by molar-refractivity contribution is 9.10. The van der Waals surface area contributed by atoms with Crippen LogP contribution < -0.4 is 4.74 Å². The van der Waals surface area contributed by atoms with Gasteiger partial charge in [0.15, 0.2) is 0 Å². The average Bonchev–Trinajstić information content (AvgIpc) is 2.41. The first-order valence-corrected chi connectivity index (χ1v) is 6.21. The molecular formula is C13H10BrNO4. The Balaban J connectivity index is 2.25. The average molecular weight is 324 g/mol. The molecule has 19 heavy (non-hydrogen) atoms. The van der Waals surface area contributed by atoms with E-state index in [0.717, 1.165) is 5.56 Å². The topological polar surface area (TPSA) is 72.6 Å². The van der Waals surface area contributed by atoms with Gasteiger partial charge in [-0.1, -0.05) is 12.1 Å². The van der Waals surface area contributed by atoms with Crippen LogP contribution in [-0.4, -0.2) is 10.0 Å². The number of aliphatic hydroxyl groups is 1. The first kappa shape index (κ1) is 13.5. The lowest BCUT2D eigenvalue weighted by Gasteiger charge is -2.08. The summed E-state index contributed by atoms with van der Waals surface area (Å²) in [5.41, 5.74) is 0.721. The van der Waals surface area contributed by atoms with Crippen LogP contribution in [0.2, 0.25) is 0 Å². The number of halogens is 1. The zero-order valence-electron chi connectivity index (χ0n) is 9.75.